The van der Waals surface area contributed by atoms with Crippen LogP contribution in [0.1, 0.15) is 21.5 Å². The molecule has 4 nitrogen and oxygen atoms in total. The van der Waals surface area contributed by atoms with Crippen LogP contribution in [0.5, 0.6) is 0 Å². The fourth-order valence-corrected chi connectivity index (χ4v) is 3.20. The summed E-state index contributed by atoms with van der Waals surface area (Å²) in [7, 11) is 0. The first kappa shape index (κ1) is 17.4. The molecule has 0 fully saturated rings. The fourth-order valence-electron chi connectivity index (χ4n) is 3.20. The van der Waals surface area contributed by atoms with Gasteiger partial charge in [-0.3, -0.25) is 0 Å². The summed E-state index contributed by atoms with van der Waals surface area (Å²) in [5, 5.41) is 19.2. The van der Waals surface area contributed by atoms with Crippen LogP contribution in [-0.4, -0.2) is 16.1 Å². The second kappa shape index (κ2) is 6.98. The molecule has 0 amide bonds. The zero-order chi connectivity index (χ0) is 19.7. The van der Waals surface area contributed by atoms with Crippen LogP contribution in [0.4, 0.5) is 0 Å². The van der Waals surface area contributed by atoms with Crippen molar-refractivity contribution < 1.29 is 9.90 Å². The van der Waals surface area contributed by atoms with Gasteiger partial charge in [0.1, 0.15) is 0 Å². The highest BCUT2D eigenvalue weighted by Crippen LogP contribution is 2.28. The quantitative estimate of drug-likeness (QED) is 0.525. The maximum atomic E-state index is 11.8. The molecule has 0 spiro atoms. The number of carboxylic acids is 1. The zero-order valence-electron chi connectivity index (χ0n) is 15.2. The Hall–Kier alpha value is -3.97. The second-order valence-electron chi connectivity index (χ2n) is 6.65. The molecule has 4 aromatic rings. The number of rotatable bonds is 3. The lowest BCUT2D eigenvalue weighted by Crippen LogP contribution is -2.00. The highest BCUT2D eigenvalue weighted by Gasteiger charge is 2.14. The molecule has 3 aromatic carbocycles. The molecule has 0 bridgehead atoms. The molecule has 0 aliphatic carbocycles. The Balaban J connectivity index is 1.79. The fraction of sp³-hybridized carbons (Fsp3) is 0.0417. The van der Waals surface area contributed by atoms with Crippen LogP contribution in [0.2, 0.25) is 0 Å². The summed E-state index contributed by atoms with van der Waals surface area (Å²) in [5.74, 6) is -1.04. The monoisotopic (exact) mass is 364 g/mol. The van der Waals surface area contributed by atoms with Gasteiger partial charge in [-0.2, -0.15) is 5.26 Å². The SMILES string of the molecule is Cc1ccc(-c2ccc(-c3cc(C(=O)O)c4cc(C#N)ccc4n3)cc2)cc1. The number of nitrogens with zero attached hydrogens (tertiary/aromatic N) is 2. The Bertz CT molecular complexity index is 1230. The largest absolute Gasteiger partial charge is 0.478 e. The number of carboxylic acid groups (broad SMARTS) is 1. The van der Waals surface area contributed by atoms with Gasteiger partial charge in [-0.1, -0.05) is 54.1 Å². The Morgan fingerprint density at radius 2 is 1.50 bits per heavy atom. The third kappa shape index (κ3) is 3.22. The first-order chi connectivity index (χ1) is 13.5. The lowest BCUT2D eigenvalue weighted by Gasteiger charge is -2.09. The number of nitriles is 1. The van der Waals surface area contributed by atoms with Crippen molar-refractivity contribution in [2.75, 3.05) is 0 Å². The van der Waals surface area contributed by atoms with Crippen molar-refractivity contribution in [3.05, 3.63) is 89.5 Å². The van der Waals surface area contributed by atoms with E-state index in [1.165, 1.54) is 5.56 Å². The molecule has 28 heavy (non-hydrogen) atoms. The van der Waals surface area contributed by atoms with E-state index in [1.54, 1.807) is 24.3 Å². The minimum atomic E-state index is -1.04. The smallest absolute Gasteiger partial charge is 0.336 e. The number of hydrogen-bond acceptors (Lipinski definition) is 3. The zero-order valence-corrected chi connectivity index (χ0v) is 15.2. The van der Waals surface area contributed by atoms with Crippen LogP contribution in [0.3, 0.4) is 0 Å². The molecule has 0 saturated carbocycles. The molecule has 0 atom stereocenters. The highest BCUT2D eigenvalue weighted by molar-refractivity contribution is 6.04. The Labute approximate surface area is 162 Å². The number of hydrogen-bond donors (Lipinski definition) is 1. The number of aromatic carboxylic acids is 1. The topological polar surface area (TPSA) is 74.0 Å². The first-order valence-electron chi connectivity index (χ1n) is 8.81. The van der Waals surface area contributed by atoms with Gasteiger partial charge in [-0.05, 0) is 42.3 Å². The Kier molecular flexibility index (Phi) is 4.35. The van der Waals surface area contributed by atoms with E-state index in [0.29, 0.717) is 22.2 Å². The van der Waals surface area contributed by atoms with E-state index in [0.717, 1.165) is 16.7 Å². The average molecular weight is 364 g/mol. The van der Waals surface area contributed by atoms with Crippen LogP contribution < -0.4 is 0 Å². The summed E-state index contributed by atoms with van der Waals surface area (Å²) in [6.45, 7) is 2.05. The normalized spacial score (nSPS) is 10.6. The van der Waals surface area contributed by atoms with Gasteiger partial charge in [0.05, 0.1) is 28.4 Å². The third-order valence-electron chi connectivity index (χ3n) is 4.73. The molecule has 0 aliphatic heterocycles. The third-order valence-corrected chi connectivity index (χ3v) is 4.73. The minimum absolute atomic E-state index is 0.139. The molecule has 0 saturated heterocycles. The lowest BCUT2D eigenvalue weighted by atomic mass is 9.99. The minimum Gasteiger partial charge on any atom is -0.478 e. The van der Waals surface area contributed by atoms with Crippen molar-refractivity contribution in [2.45, 2.75) is 6.92 Å². The molecular formula is C24H16N2O2. The molecule has 1 heterocycles. The van der Waals surface area contributed by atoms with E-state index in [9.17, 15) is 9.90 Å². The van der Waals surface area contributed by atoms with Crippen molar-refractivity contribution in [1.82, 2.24) is 4.98 Å². The molecule has 134 valence electrons. The number of carbonyl (C=O) groups is 1. The van der Waals surface area contributed by atoms with E-state index in [2.05, 4.69) is 36.2 Å². The van der Waals surface area contributed by atoms with Gasteiger partial charge in [0, 0.05) is 10.9 Å². The van der Waals surface area contributed by atoms with Crippen molar-refractivity contribution in [2.24, 2.45) is 0 Å². The molecule has 0 radical (unpaired) electrons. The van der Waals surface area contributed by atoms with Gasteiger partial charge < -0.3 is 5.11 Å². The molecule has 0 unspecified atom stereocenters. The van der Waals surface area contributed by atoms with Crippen LogP contribution in [0, 0.1) is 18.3 Å². The standard InChI is InChI=1S/C24H16N2O2/c1-15-2-5-17(6-3-15)18-7-9-19(10-8-18)23-13-21(24(27)28)20-12-16(14-25)4-11-22(20)26-23/h2-13H,1H3,(H,27,28). The molecule has 4 rings (SSSR count). The van der Waals surface area contributed by atoms with E-state index >= 15 is 0 Å². The van der Waals surface area contributed by atoms with E-state index in [-0.39, 0.29) is 5.56 Å². The maximum absolute atomic E-state index is 11.8. The molecular weight excluding hydrogens is 348 g/mol. The number of pyridine rings is 1. The molecule has 4 heteroatoms. The van der Waals surface area contributed by atoms with E-state index < -0.39 is 5.97 Å². The molecule has 1 N–H and O–H groups in total. The second-order valence-corrected chi connectivity index (χ2v) is 6.65. The average Bonchev–Trinajstić information content (AvgIpc) is 2.73. The number of aromatic nitrogens is 1. The van der Waals surface area contributed by atoms with Gasteiger partial charge in [0.25, 0.3) is 0 Å². The summed E-state index contributed by atoms with van der Waals surface area (Å²) in [5.41, 5.74) is 5.94. The Morgan fingerprint density at radius 3 is 2.11 bits per heavy atom. The number of aryl methyl sites for hydroxylation is 1. The first-order valence-corrected chi connectivity index (χ1v) is 8.81. The van der Waals surface area contributed by atoms with Crippen molar-refractivity contribution in [3.63, 3.8) is 0 Å². The predicted molar refractivity (Wildman–Crippen MR) is 109 cm³/mol. The van der Waals surface area contributed by atoms with Gasteiger partial charge >= 0.3 is 5.97 Å². The maximum Gasteiger partial charge on any atom is 0.336 e. The van der Waals surface area contributed by atoms with Crippen LogP contribution in [0.25, 0.3) is 33.3 Å². The molecule has 1 aromatic heterocycles. The van der Waals surface area contributed by atoms with Crippen molar-refractivity contribution >= 4 is 16.9 Å². The van der Waals surface area contributed by atoms with E-state index in [1.807, 2.05) is 30.3 Å². The lowest BCUT2D eigenvalue weighted by molar-refractivity contribution is 0.0699. The van der Waals surface area contributed by atoms with Crippen molar-refractivity contribution in [1.29, 1.82) is 5.26 Å². The van der Waals surface area contributed by atoms with Gasteiger partial charge in [-0.15, -0.1) is 0 Å². The summed E-state index contributed by atoms with van der Waals surface area (Å²) in [4.78, 5) is 16.4. The predicted octanol–water partition coefficient (Wildman–Crippen LogP) is 5.45. The Morgan fingerprint density at radius 1 is 0.893 bits per heavy atom. The van der Waals surface area contributed by atoms with Gasteiger partial charge in [-0.25, -0.2) is 9.78 Å². The number of fused-ring (bicyclic) bond motifs is 1. The van der Waals surface area contributed by atoms with Crippen LogP contribution >= 0.6 is 0 Å². The van der Waals surface area contributed by atoms with Crippen molar-refractivity contribution in [3.8, 4) is 28.5 Å². The van der Waals surface area contributed by atoms with E-state index in [4.69, 9.17) is 5.26 Å². The van der Waals surface area contributed by atoms with Crippen LogP contribution in [-0.2, 0) is 0 Å². The summed E-state index contributed by atoms with van der Waals surface area (Å²) >= 11 is 0. The molecule has 0 aliphatic rings. The van der Waals surface area contributed by atoms with Gasteiger partial charge in [0.2, 0.25) is 0 Å². The summed E-state index contributed by atoms with van der Waals surface area (Å²) in [6.07, 6.45) is 0. The summed E-state index contributed by atoms with van der Waals surface area (Å²) in [6, 6.07) is 24.7. The van der Waals surface area contributed by atoms with Gasteiger partial charge in [0.15, 0.2) is 0 Å². The number of benzene rings is 3. The summed E-state index contributed by atoms with van der Waals surface area (Å²) < 4.78 is 0. The highest BCUT2D eigenvalue weighted by atomic mass is 16.4. The van der Waals surface area contributed by atoms with Crippen LogP contribution in [0.15, 0.2) is 72.8 Å².